The van der Waals surface area contributed by atoms with Crippen molar-refractivity contribution in [3.63, 3.8) is 0 Å². The molecule has 172 valence electrons. The highest BCUT2D eigenvalue weighted by Gasteiger charge is 2.28. The largest absolute Gasteiger partial charge is 0.352 e. The second-order valence-corrected chi connectivity index (χ2v) is 9.44. The number of carbonyl (C=O) groups is 2. The van der Waals surface area contributed by atoms with Gasteiger partial charge in [-0.15, -0.1) is 0 Å². The Hall–Kier alpha value is -2.04. The summed E-state index contributed by atoms with van der Waals surface area (Å²) in [5.74, 6) is -0.174. The number of rotatable bonds is 9. The summed E-state index contributed by atoms with van der Waals surface area (Å²) in [4.78, 5) is 27.9. The summed E-state index contributed by atoms with van der Waals surface area (Å²) in [6.07, 6.45) is 6.23. The van der Waals surface area contributed by atoms with Gasteiger partial charge in [0.25, 0.3) is 0 Å². The molecule has 2 aromatic rings. The van der Waals surface area contributed by atoms with Gasteiger partial charge in [-0.05, 0) is 61.4 Å². The molecule has 0 bridgehead atoms. The highest BCUT2D eigenvalue weighted by molar-refractivity contribution is 6.35. The number of amides is 2. The molecule has 1 N–H and O–H groups in total. The minimum Gasteiger partial charge on any atom is -0.352 e. The lowest BCUT2D eigenvalue weighted by Crippen LogP contribution is -2.49. The van der Waals surface area contributed by atoms with E-state index in [9.17, 15) is 9.59 Å². The number of nitrogens with one attached hydrogen (secondary N) is 1. The third kappa shape index (κ3) is 6.73. The van der Waals surface area contributed by atoms with E-state index >= 15 is 0 Å². The molecular weight excluding hydrogens is 443 g/mol. The van der Waals surface area contributed by atoms with Gasteiger partial charge >= 0.3 is 0 Å². The van der Waals surface area contributed by atoms with Crippen molar-refractivity contribution < 1.29 is 9.59 Å². The van der Waals surface area contributed by atoms with Crippen LogP contribution in [0, 0.1) is 0 Å². The number of hydrogen-bond acceptors (Lipinski definition) is 2. The average Bonchev–Trinajstić information content (AvgIpc) is 3.30. The zero-order valence-electron chi connectivity index (χ0n) is 18.9. The zero-order chi connectivity index (χ0) is 23.1. The number of nitrogens with zero attached hydrogens (tertiary/aromatic N) is 1. The fourth-order valence-corrected chi connectivity index (χ4v) is 4.61. The molecule has 0 aromatic heterocycles. The van der Waals surface area contributed by atoms with E-state index in [0.29, 0.717) is 22.9 Å². The zero-order valence-corrected chi connectivity index (χ0v) is 20.4. The molecule has 1 fully saturated rings. The summed E-state index contributed by atoms with van der Waals surface area (Å²) in [6, 6.07) is 13.2. The van der Waals surface area contributed by atoms with Crippen molar-refractivity contribution in [1.82, 2.24) is 10.2 Å². The first-order valence-electron chi connectivity index (χ1n) is 11.5. The van der Waals surface area contributed by atoms with Crippen LogP contribution in [0.25, 0.3) is 0 Å². The van der Waals surface area contributed by atoms with Gasteiger partial charge in [0.2, 0.25) is 11.8 Å². The predicted octanol–water partition coefficient (Wildman–Crippen LogP) is 5.96. The summed E-state index contributed by atoms with van der Waals surface area (Å²) in [5, 5.41) is 4.16. The SMILES string of the molecule is CCc1ccc(CCC(=O)N(Cc2ccc(Cl)cc2Cl)[C@H](C)C(=O)NC2CCCC2)cc1. The maximum atomic E-state index is 13.3. The number of hydrogen-bond donors (Lipinski definition) is 1. The van der Waals surface area contributed by atoms with Crippen molar-refractivity contribution in [2.75, 3.05) is 0 Å². The number of benzene rings is 2. The lowest BCUT2D eigenvalue weighted by Gasteiger charge is -2.30. The van der Waals surface area contributed by atoms with Crippen LogP contribution < -0.4 is 5.32 Å². The van der Waals surface area contributed by atoms with Crippen LogP contribution in [-0.2, 0) is 29.0 Å². The molecule has 0 unspecified atom stereocenters. The van der Waals surface area contributed by atoms with Gasteiger partial charge in [0.05, 0.1) is 0 Å². The first-order valence-corrected chi connectivity index (χ1v) is 12.2. The molecular formula is C26H32Cl2N2O2. The van der Waals surface area contributed by atoms with E-state index in [4.69, 9.17) is 23.2 Å². The van der Waals surface area contributed by atoms with Crippen molar-refractivity contribution >= 4 is 35.0 Å². The molecule has 0 radical (unpaired) electrons. The molecule has 1 saturated carbocycles. The van der Waals surface area contributed by atoms with Gasteiger partial charge in [0, 0.05) is 29.1 Å². The molecule has 4 nitrogen and oxygen atoms in total. The Morgan fingerprint density at radius 1 is 1.06 bits per heavy atom. The van der Waals surface area contributed by atoms with Crippen LogP contribution in [0.3, 0.4) is 0 Å². The van der Waals surface area contributed by atoms with Crippen molar-refractivity contribution in [3.05, 3.63) is 69.2 Å². The van der Waals surface area contributed by atoms with Gasteiger partial charge in [-0.1, -0.05) is 73.3 Å². The normalized spacial score (nSPS) is 14.9. The van der Waals surface area contributed by atoms with Crippen LogP contribution in [0.5, 0.6) is 0 Å². The van der Waals surface area contributed by atoms with E-state index in [1.165, 1.54) is 5.56 Å². The Morgan fingerprint density at radius 2 is 1.72 bits per heavy atom. The van der Waals surface area contributed by atoms with Gasteiger partial charge in [-0.25, -0.2) is 0 Å². The number of aryl methyl sites for hydroxylation is 2. The highest BCUT2D eigenvalue weighted by Crippen LogP contribution is 2.24. The Morgan fingerprint density at radius 3 is 2.34 bits per heavy atom. The summed E-state index contributed by atoms with van der Waals surface area (Å²) in [7, 11) is 0. The van der Waals surface area contributed by atoms with E-state index in [-0.39, 0.29) is 24.4 Å². The molecule has 0 aliphatic heterocycles. The summed E-state index contributed by atoms with van der Waals surface area (Å²) >= 11 is 12.4. The third-order valence-corrected chi connectivity index (χ3v) is 6.87. The van der Waals surface area contributed by atoms with Crippen molar-refractivity contribution in [2.45, 2.75) is 77.4 Å². The molecule has 2 aromatic carbocycles. The fourth-order valence-electron chi connectivity index (χ4n) is 4.14. The minimum atomic E-state index is -0.586. The quantitative estimate of drug-likeness (QED) is 0.486. The lowest BCUT2D eigenvalue weighted by atomic mass is 10.0. The molecule has 0 saturated heterocycles. The second kappa shape index (κ2) is 11.7. The molecule has 1 atom stereocenters. The molecule has 32 heavy (non-hydrogen) atoms. The lowest BCUT2D eigenvalue weighted by molar-refractivity contribution is -0.140. The first kappa shape index (κ1) is 24.6. The molecule has 2 amide bonds. The highest BCUT2D eigenvalue weighted by atomic mass is 35.5. The second-order valence-electron chi connectivity index (χ2n) is 8.59. The van der Waals surface area contributed by atoms with Gasteiger partial charge in [0.15, 0.2) is 0 Å². The van der Waals surface area contributed by atoms with Crippen LogP contribution in [0.4, 0.5) is 0 Å². The van der Waals surface area contributed by atoms with Gasteiger partial charge in [-0.3, -0.25) is 9.59 Å². The van der Waals surface area contributed by atoms with Crippen molar-refractivity contribution in [1.29, 1.82) is 0 Å². The van der Waals surface area contributed by atoms with Gasteiger partial charge in [-0.2, -0.15) is 0 Å². The van der Waals surface area contributed by atoms with E-state index in [1.807, 2.05) is 6.07 Å². The molecule has 1 aliphatic carbocycles. The first-order chi connectivity index (χ1) is 15.4. The Bertz CT molecular complexity index is 924. The molecule has 0 heterocycles. The Kier molecular flexibility index (Phi) is 9.01. The molecule has 3 rings (SSSR count). The van der Waals surface area contributed by atoms with Crippen molar-refractivity contribution in [2.24, 2.45) is 0 Å². The minimum absolute atomic E-state index is 0.0651. The Balaban J connectivity index is 1.72. The molecule has 0 spiro atoms. The van der Waals surface area contributed by atoms with Crippen LogP contribution >= 0.6 is 23.2 Å². The summed E-state index contributed by atoms with van der Waals surface area (Å²) in [6.45, 7) is 4.18. The van der Waals surface area contributed by atoms with Crippen LogP contribution in [0.2, 0.25) is 10.0 Å². The van der Waals surface area contributed by atoms with Crippen molar-refractivity contribution in [3.8, 4) is 0 Å². The molecule has 1 aliphatic rings. The third-order valence-electron chi connectivity index (χ3n) is 6.28. The molecule has 6 heteroatoms. The topological polar surface area (TPSA) is 49.4 Å². The van der Waals surface area contributed by atoms with E-state index in [0.717, 1.165) is 43.2 Å². The monoisotopic (exact) mass is 474 g/mol. The van der Waals surface area contributed by atoms with Gasteiger partial charge < -0.3 is 10.2 Å². The number of halogens is 2. The smallest absolute Gasteiger partial charge is 0.242 e. The van der Waals surface area contributed by atoms with E-state index in [2.05, 4.69) is 36.5 Å². The fraction of sp³-hybridized carbons (Fsp3) is 0.462. The summed E-state index contributed by atoms with van der Waals surface area (Å²) < 4.78 is 0. The van der Waals surface area contributed by atoms with Crippen LogP contribution in [-0.4, -0.2) is 28.8 Å². The number of carbonyl (C=O) groups excluding carboxylic acids is 2. The average molecular weight is 475 g/mol. The Labute approximate surface area is 201 Å². The van der Waals surface area contributed by atoms with Crippen LogP contribution in [0.1, 0.15) is 62.6 Å². The maximum Gasteiger partial charge on any atom is 0.242 e. The standard InChI is InChI=1S/C26H32Cl2N2O2/c1-3-19-8-10-20(11-9-19)12-15-25(31)30(17-21-13-14-22(27)16-24(21)28)18(2)26(32)29-23-6-4-5-7-23/h8-11,13-14,16,18,23H,3-7,12,15,17H2,1-2H3,(H,29,32)/t18-/m1/s1. The maximum absolute atomic E-state index is 13.3. The van der Waals surface area contributed by atoms with E-state index in [1.54, 1.807) is 24.0 Å². The summed E-state index contributed by atoms with van der Waals surface area (Å²) in [5.41, 5.74) is 3.16. The predicted molar refractivity (Wildman–Crippen MR) is 131 cm³/mol. The van der Waals surface area contributed by atoms with E-state index < -0.39 is 6.04 Å². The van der Waals surface area contributed by atoms with Crippen LogP contribution in [0.15, 0.2) is 42.5 Å². The van der Waals surface area contributed by atoms with Gasteiger partial charge in [0.1, 0.15) is 6.04 Å².